The summed E-state index contributed by atoms with van der Waals surface area (Å²) in [5, 5.41) is 9.71. The third-order valence-electron chi connectivity index (χ3n) is 4.09. The molecule has 0 saturated heterocycles. The molecule has 0 aromatic heterocycles. The highest BCUT2D eigenvalue weighted by atomic mass is 16.5. The molecule has 1 amide bonds. The minimum Gasteiger partial charge on any atom is -0.461 e. The SMILES string of the molecule is C=C1C=CC(=N)C=C1.CC(=O)Nc1ccc(COC(C)=O)cc1.CC(=O)OCc1ccc(N)cc1.O=C=O. The lowest BCUT2D eigenvalue weighted by molar-refractivity contribution is -0.191. The van der Waals surface area contributed by atoms with Gasteiger partial charge in [0.1, 0.15) is 13.2 Å². The van der Waals surface area contributed by atoms with E-state index in [2.05, 4.69) is 11.9 Å². The Morgan fingerprint density at radius 3 is 1.55 bits per heavy atom. The molecule has 0 heterocycles. The number of nitrogen functional groups attached to an aromatic ring is 1. The fourth-order valence-electron chi connectivity index (χ4n) is 2.38. The van der Waals surface area contributed by atoms with Crippen molar-refractivity contribution in [1.82, 2.24) is 0 Å². The van der Waals surface area contributed by atoms with Crippen LogP contribution in [-0.4, -0.2) is 29.7 Å². The molecule has 0 saturated carbocycles. The maximum absolute atomic E-state index is 10.7. The van der Waals surface area contributed by atoms with Gasteiger partial charge in [-0.05, 0) is 53.1 Å². The highest BCUT2D eigenvalue weighted by Crippen LogP contribution is 2.10. The van der Waals surface area contributed by atoms with E-state index in [1.807, 2.05) is 24.3 Å². The molecule has 10 heteroatoms. The van der Waals surface area contributed by atoms with E-state index in [1.165, 1.54) is 20.8 Å². The fourth-order valence-corrected chi connectivity index (χ4v) is 2.38. The van der Waals surface area contributed by atoms with Gasteiger partial charge in [-0.3, -0.25) is 14.4 Å². The zero-order chi connectivity index (χ0) is 28.9. The summed E-state index contributed by atoms with van der Waals surface area (Å²) in [5.41, 5.74) is 10.2. The number of hydrogen-bond donors (Lipinski definition) is 3. The molecule has 38 heavy (non-hydrogen) atoms. The topological polar surface area (TPSA) is 166 Å². The highest BCUT2D eigenvalue weighted by molar-refractivity contribution is 6.03. The predicted molar refractivity (Wildman–Crippen MR) is 143 cm³/mol. The van der Waals surface area contributed by atoms with E-state index in [-0.39, 0.29) is 30.6 Å². The minimum atomic E-state index is -0.305. The molecule has 2 aromatic carbocycles. The van der Waals surface area contributed by atoms with Crippen molar-refractivity contribution in [3.8, 4) is 0 Å². The van der Waals surface area contributed by atoms with Gasteiger partial charge in [0.25, 0.3) is 0 Å². The number of allylic oxidation sites excluding steroid dienone is 5. The van der Waals surface area contributed by atoms with E-state index >= 15 is 0 Å². The van der Waals surface area contributed by atoms with Crippen molar-refractivity contribution in [1.29, 1.82) is 5.41 Å². The van der Waals surface area contributed by atoms with Crippen LogP contribution >= 0.6 is 0 Å². The van der Waals surface area contributed by atoms with Gasteiger partial charge in [0, 0.05) is 32.1 Å². The molecule has 10 nitrogen and oxygen atoms in total. The van der Waals surface area contributed by atoms with Gasteiger partial charge in [-0.15, -0.1) is 0 Å². The largest absolute Gasteiger partial charge is 0.461 e. The molecule has 2 aromatic rings. The highest BCUT2D eigenvalue weighted by Gasteiger charge is 1.98. The zero-order valence-electron chi connectivity index (χ0n) is 21.5. The van der Waals surface area contributed by atoms with Crippen molar-refractivity contribution < 1.29 is 33.4 Å². The van der Waals surface area contributed by atoms with Gasteiger partial charge in [-0.2, -0.15) is 9.59 Å². The van der Waals surface area contributed by atoms with Crippen molar-refractivity contribution in [2.24, 2.45) is 0 Å². The minimum absolute atomic E-state index is 0.109. The average molecular weight is 522 g/mol. The van der Waals surface area contributed by atoms with Crippen LogP contribution in [0.1, 0.15) is 31.9 Å². The number of ether oxygens (including phenoxy) is 2. The van der Waals surface area contributed by atoms with Gasteiger partial charge in [0.05, 0.1) is 5.71 Å². The van der Waals surface area contributed by atoms with Crippen LogP contribution in [0.4, 0.5) is 11.4 Å². The first-order chi connectivity index (χ1) is 18.0. The number of anilines is 2. The third kappa shape index (κ3) is 18.3. The Kier molecular flexibility index (Phi) is 16.6. The predicted octanol–water partition coefficient (Wildman–Crippen LogP) is 4.14. The van der Waals surface area contributed by atoms with Crippen LogP contribution in [0.15, 0.2) is 85.0 Å². The van der Waals surface area contributed by atoms with Gasteiger partial charge in [-0.25, -0.2) is 0 Å². The molecule has 0 fully saturated rings. The lowest BCUT2D eigenvalue weighted by Gasteiger charge is -2.04. The first kappa shape index (κ1) is 32.9. The van der Waals surface area contributed by atoms with Gasteiger partial charge in [-0.1, -0.05) is 43.0 Å². The van der Waals surface area contributed by atoms with Gasteiger partial charge < -0.3 is 25.9 Å². The molecule has 1 aliphatic carbocycles. The maximum atomic E-state index is 10.7. The molecule has 4 N–H and O–H groups in total. The second kappa shape index (κ2) is 19.1. The first-order valence-corrected chi connectivity index (χ1v) is 11.1. The van der Waals surface area contributed by atoms with E-state index in [0.29, 0.717) is 18.0 Å². The number of amides is 1. The van der Waals surface area contributed by atoms with Crippen LogP contribution in [0.2, 0.25) is 0 Å². The van der Waals surface area contributed by atoms with Gasteiger partial charge in [0.2, 0.25) is 5.91 Å². The summed E-state index contributed by atoms with van der Waals surface area (Å²) in [6.07, 6.45) is 7.34. The van der Waals surface area contributed by atoms with Crippen LogP contribution in [0.3, 0.4) is 0 Å². The normalized spacial score (nSPS) is 10.6. The average Bonchev–Trinajstić information content (AvgIpc) is 2.86. The Morgan fingerprint density at radius 1 is 0.816 bits per heavy atom. The standard InChI is InChI=1S/C11H13NO3.C9H11NO2.C7H7N.CO2/c1-8(13)12-11-5-3-10(4-6-11)7-15-9(2)14;1-7(11)12-6-8-2-4-9(10)5-3-8;1-6-2-4-7(8)5-3-6;2-1-3/h3-6H,7H2,1-2H3,(H,12,13);2-5H,6,10H2,1H3;2-5,8H,1H2;. The maximum Gasteiger partial charge on any atom is 0.373 e. The lowest BCUT2D eigenvalue weighted by Crippen LogP contribution is -2.05. The van der Waals surface area contributed by atoms with Crippen LogP contribution in [0, 0.1) is 5.41 Å². The van der Waals surface area contributed by atoms with E-state index < -0.39 is 0 Å². The number of esters is 2. The van der Waals surface area contributed by atoms with E-state index in [1.54, 1.807) is 48.6 Å². The number of nitrogens with one attached hydrogen (secondary N) is 2. The van der Waals surface area contributed by atoms with Crippen molar-refractivity contribution in [3.63, 3.8) is 0 Å². The van der Waals surface area contributed by atoms with Crippen molar-refractivity contribution in [2.45, 2.75) is 34.0 Å². The first-order valence-electron chi connectivity index (χ1n) is 11.1. The lowest BCUT2D eigenvalue weighted by atomic mass is 10.1. The number of carbonyl (C=O) groups excluding carboxylic acids is 5. The summed E-state index contributed by atoms with van der Waals surface area (Å²) >= 11 is 0. The molecule has 0 bridgehead atoms. The van der Waals surface area contributed by atoms with Crippen LogP contribution in [0.5, 0.6) is 0 Å². The Morgan fingerprint density at radius 2 is 1.21 bits per heavy atom. The summed E-state index contributed by atoms with van der Waals surface area (Å²) in [7, 11) is 0. The van der Waals surface area contributed by atoms with Gasteiger partial charge >= 0.3 is 18.1 Å². The second-order valence-electron chi connectivity index (χ2n) is 7.46. The Labute approximate surface area is 221 Å². The monoisotopic (exact) mass is 521 g/mol. The molecule has 0 unspecified atom stereocenters. The molecule has 0 radical (unpaired) electrons. The van der Waals surface area contributed by atoms with Crippen LogP contribution in [-0.2, 0) is 46.7 Å². The summed E-state index contributed by atoms with van der Waals surface area (Å²) in [6, 6.07) is 14.3. The van der Waals surface area contributed by atoms with E-state index in [0.717, 1.165) is 22.4 Å². The fraction of sp³-hybridized carbons (Fsp3) is 0.179. The smallest absolute Gasteiger partial charge is 0.373 e. The molecule has 0 aliphatic heterocycles. The Bertz CT molecular complexity index is 1140. The molecule has 0 spiro atoms. The number of benzene rings is 2. The van der Waals surface area contributed by atoms with Crippen molar-refractivity contribution in [3.05, 3.63) is 96.1 Å². The summed E-state index contributed by atoms with van der Waals surface area (Å²) in [5.74, 6) is -0.685. The molecule has 200 valence electrons. The Hall–Kier alpha value is -5.08. The molecule has 1 aliphatic rings. The summed E-state index contributed by atoms with van der Waals surface area (Å²) in [4.78, 5) is 48.0. The second-order valence-corrected chi connectivity index (χ2v) is 7.46. The quantitative estimate of drug-likeness (QED) is 0.390. The molecular formula is C28H31N3O7. The van der Waals surface area contributed by atoms with Crippen molar-refractivity contribution in [2.75, 3.05) is 11.1 Å². The summed E-state index contributed by atoms with van der Waals surface area (Å²) in [6.45, 7) is 8.46. The zero-order valence-corrected chi connectivity index (χ0v) is 21.5. The summed E-state index contributed by atoms with van der Waals surface area (Å²) < 4.78 is 9.61. The number of rotatable bonds is 5. The van der Waals surface area contributed by atoms with E-state index in [9.17, 15) is 14.4 Å². The number of nitrogens with two attached hydrogens (primary N) is 1. The van der Waals surface area contributed by atoms with Gasteiger partial charge in [0.15, 0.2) is 0 Å². The number of hydrogen-bond acceptors (Lipinski definition) is 9. The third-order valence-corrected chi connectivity index (χ3v) is 4.09. The van der Waals surface area contributed by atoms with E-state index in [4.69, 9.17) is 30.2 Å². The van der Waals surface area contributed by atoms with Crippen LogP contribution in [0.25, 0.3) is 0 Å². The Balaban J connectivity index is 0.000000532. The molecule has 3 rings (SSSR count). The molecule has 0 atom stereocenters. The van der Waals surface area contributed by atoms with Crippen LogP contribution < -0.4 is 11.1 Å². The van der Waals surface area contributed by atoms with Crippen molar-refractivity contribution >= 4 is 41.1 Å². The number of carbonyl (C=O) groups is 3. The molecular weight excluding hydrogens is 490 g/mol.